The standard InChI is InChI=1S/C31H22ClN3O5/c1-16-12-20-24(13-17(16)2)39-28-26(27(20)36)31(35(29(28)37)25-14-18(3)40-33-25)21-9-5-7-11-23(21)34(30(31)38)15-19-8-4-6-10-22(19)32/h4-14H,15H2,1-3H3. The van der Waals surface area contributed by atoms with Crippen molar-refractivity contribution in [1.29, 1.82) is 0 Å². The first-order chi connectivity index (χ1) is 19.2. The van der Waals surface area contributed by atoms with Gasteiger partial charge in [-0.05, 0) is 61.7 Å². The van der Waals surface area contributed by atoms with Gasteiger partial charge in [0.25, 0.3) is 11.8 Å². The summed E-state index contributed by atoms with van der Waals surface area (Å²) in [7, 11) is 0. The molecule has 8 nitrogen and oxygen atoms in total. The Morgan fingerprint density at radius 3 is 2.40 bits per heavy atom. The van der Waals surface area contributed by atoms with Gasteiger partial charge in [0.2, 0.25) is 5.76 Å². The summed E-state index contributed by atoms with van der Waals surface area (Å²) in [5, 5.41) is 4.89. The summed E-state index contributed by atoms with van der Waals surface area (Å²) in [5.74, 6) is -0.784. The second-order valence-corrected chi connectivity index (χ2v) is 10.6. The van der Waals surface area contributed by atoms with E-state index in [0.717, 1.165) is 16.7 Å². The average Bonchev–Trinajstić information content (AvgIpc) is 3.55. The average molecular weight is 552 g/mol. The molecule has 0 aliphatic carbocycles. The van der Waals surface area contributed by atoms with Crippen molar-refractivity contribution in [2.45, 2.75) is 32.9 Å². The SMILES string of the molecule is Cc1cc(N2C(=O)c3oc4cc(C)c(C)cc4c(=O)c3C23C(=O)N(Cc2ccccc2Cl)c2ccccc23)no1. The Balaban J connectivity index is 1.58. The Kier molecular flexibility index (Phi) is 5.12. The number of carbonyl (C=O) groups is 2. The summed E-state index contributed by atoms with van der Waals surface area (Å²) in [6.45, 7) is 5.62. The quantitative estimate of drug-likeness (QED) is 0.281. The first-order valence-corrected chi connectivity index (χ1v) is 13.1. The van der Waals surface area contributed by atoms with Crippen molar-refractivity contribution >= 4 is 45.9 Å². The lowest BCUT2D eigenvalue weighted by molar-refractivity contribution is -0.121. The molecule has 1 unspecified atom stereocenters. The molecule has 0 radical (unpaired) electrons. The number of carbonyl (C=O) groups excluding carboxylic acids is 2. The van der Waals surface area contributed by atoms with Gasteiger partial charge in [-0.25, -0.2) is 0 Å². The fraction of sp³-hybridized carbons (Fsp3) is 0.161. The highest BCUT2D eigenvalue weighted by molar-refractivity contribution is 6.31. The molecule has 2 aliphatic heterocycles. The molecule has 5 aromatic rings. The molecule has 1 atom stereocenters. The van der Waals surface area contributed by atoms with E-state index in [2.05, 4.69) is 5.16 Å². The van der Waals surface area contributed by atoms with E-state index in [0.29, 0.717) is 27.4 Å². The minimum absolute atomic E-state index is 0.0342. The Labute approximate surface area is 233 Å². The molecular weight excluding hydrogens is 530 g/mol. The highest BCUT2D eigenvalue weighted by Gasteiger charge is 2.66. The largest absolute Gasteiger partial charge is 0.450 e. The second kappa shape index (κ2) is 8.40. The van der Waals surface area contributed by atoms with Gasteiger partial charge in [-0.1, -0.05) is 53.2 Å². The summed E-state index contributed by atoms with van der Waals surface area (Å²) in [4.78, 5) is 46.2. The van der Waals surface area contributed by atoms with Crippen molar-refractivity contribution in [3.63, 3.8) is 0 Å². The van der Waals surface area contributed by atoms with Gasteiger partial charge in [0, 0.05) is 16.7 Å². The van der Waals surface area contributed by atoms with Crippen LogP contribution in [0.25, 0.3) is 11.0 Å². The zero-order valence-corrected chi connectivity index (χ0v) is 22.6. The molecule has 40 heavy (non-hydrogen) atoms. The number of amides is 2. The molecule has 2 amide bonds. The number of nitrogens with zero attached hydrogens (tertiary/aromatic N) is 3. The lowest BCUT2D eigenvalue weighted by Gasteiger charge is -2.32. The fourth-order valence-electron chi connectivity index (χ4n) is 5.88. The first kappa shape index (κ1) is 24.4. The van der Waals surface area contributed by atoms with E-state index in [1.165, 1.54) is 4.90 Å². The maximum atomic E-state index is 14.9. The Bertz CT molecular complexity index is 1980. The van der Waals surface area contributed by atoms with E-state index < -0.39 is 22.8 Å². The van der Waals surface area contributed by atoms with Gasteiger partial charge < -0.3 is 13.8 Å². The molecule has 0 saturated heterocycles. The summed E-state index contributed by atoms with van der Waals surface area (Å²) in [6, 6.07) is 19.4. The fourth-order valence-corrected chi connectivity index (χ4v) is 6.07. The third-order valence-corrected chi connectivity index (χ3v) is 8.24. The van der Waals surface area contributed by atoms with Gasteiger partial charge in [-0.3, -0.25) is 19.3 Å². The molecular formula is C31H22ClN3O5. The lowest BCUT2D eigenvalue weighted by atomic mass is 9.83. The van der Waals surface area contributed by atoms with Crippen LogP contribution in [-0.4, -0.2) is 17.0 Å². The number of anilines is 2. The summed E-state index contributed by atoms with van der Waals surface area (Å²) in [6.07, 6.45) is 0. The molecule has 2 aliphatic rings. The normalized spacial score (nSPS) is 17.8. The smallest absolute Gasteiger partial charge is 0.297 e. The van der Waals surface area contributed by atoms with E-state index >= 15 is 0 Å². The number of aryl methyl sites for hydroxylation is 3. The van der Waals surface area contributed by atoms with Crippen LogP contribution in [0.2, 0.25) is 5.02 Å². The third-order valence-electron chi connectivity index (χ3n) is 7.87. The molecule has 0 fully saturated rings. The second-order valence-electron chi connectivity index (χ2n) is 10.2. The van der Waals surface area contributed by atoms with Crippen LogP contribution in [0.4, 0.5) is 11.5 Å². The Morgan fingerprint density at radius 2 is 1.65 bits per heavy atom. The lowest BCUT2D eigenvalue weighted by Crippen LogP contribution is -2.53. The topological polar surface area (TPSA) is 96.9 Å². The van der Waals surface area contributed by atoms with Gasteiger partial charge in [0.15, 0.2) is 16.8 Å². The number of halogens is 1. The number of rotatable bonds is 3. The van der Waals surface area contributed by atoms with Gasteiger partial charge in [-0.15, -0.1) is 0 Å². The minimum atomic E-state index is -1.86. The van der Waals surface area contributed by atoms with Crippen molar-refractivity contribution < 1.29 is 18.5 Å². The molecule has 198 valence electrons. The van der Waals surface area contributed by atoms with Crippen molar-refractivity contribution in [2.24, 2.45) is 0 Å². The molecule has 0 bridgehead atoms. The van der Waals surface area contributed by atoms with Crippen LogP contribution in [0.15, 0.2) is 80.5 Å². The summed E-state index contributed by atoms with van der Waals surface area (Å²) < 4.78 is 11.5. The van der Waals surface area contributed by atoms with E-state index in [4.69, 9.17) is 20.5 Å². The van der Waals surface area contributed by atoms with Crippen LogP contribution in [-0.2, 0) is 16.9 Å². The minimum Gasteiger partial charge on any atom is -0.450 e. The molecule has 1 spiro atoms. The van der Waals surface area contributed by atoms with Crippen LogP contribution in [0.1, 0.15) is 44.1 Å². The molecule has 4 heterocycles. The number of fused-ring (bicyclic) bond motifs is 5. The number of hydrogen-bond acceptors (Lipinski definition) is 6. The van der Waals surface area contributed by atoms with Crippen LogP contribution in [0, 0.1) is 20.8 Å². The number of aromatic nitrogens is 1. The van der Waals surface area contributed by atoms with Crippen LogP contribution in [0.3, 0.4) is 0 Å². The molecule has 9 heteroatoms. The number of hydrogen-bond donors (Lipinski definition) is 0. The maximum Gasteiger partial charge on any atom is 0.297 e. The van der Waals surface area contributed by atoms with E-state index in [1.807, 2.05) is 38.1 Å². The summed E-state index contributed by atoms with van der Waals surface area (Å²) >= 11 is 6.49. The molecule has 2 aromatic heterocycles. The van der Waals surface area contributed by atoms with Crippen molar-refractivity contribution in [2.75, 3.05) is 9.80 Å². The third kappa shape index (κ3) is 3.08. The van der Waals surface area contributed by atoms with Gasteiger partial charge in [-0.2, -0.15) is 0 Å². The van der Waals surface area contributed by atoms with Crippen molar-refractivity contribution in [3.8, 4) is 0 Å². The Morgan fingerprint density at radius 1 is 0.925 bits per heavy atom. The van der Waals surface area contributed by atoms with Crippen LogP contribution in [0.5, 0.6) is 0 Å². The number of para-hydroxylation sites is 1. The van der Waals surface area contributed by atoms with Gasteiger partial charge in [0.05, 0.1) is 23.2 Å². The predicted octanol–water partition coefficient (Wildman–Crippen LogP) is 5.81. The van der Waals surface area contributed by atoms with E-state index in [-0.39, 0.29) is 29.3 Å². The monoisotopic (exact) mass is 551 g/mol. The van der Waals surface area contributed by atoms with Crippen LogP contribution >= 0.6 is 11.6 Å². The van der Waals surface area contributed by atoms with Crippen molar-refractivity contribution in [1.82, 2.24) is 5.16 Å². The predicted molar refractivity (Wildman–Crippen MR) is 150 cm³/mol. The first-order valence-electron chi connectivity index (χ1n) is 12.7. The Hall–Kier alpha value is -4.69. The maximum absolute atomic E-state index is 14.9. The zero-order valence-electron chi connectivity index (χ0n) is 21.8. The van der Waals surface area contributed by atoms with Gasteiger partial charge in [0.1, 0.15) is 11.3 Å². The van der Waals surface area contributed by atoms with E-state index in [9.17, 15) is 14.4 Å². The van der Waals surface area contributed by atoms with Gasteiger partial charge >= 0.3 is 0 Å². The molecule has 7 rings (SSSR count). The number of benzene rings is 3. The molecule has 3 aromatic carbocycles. The summed E-state index contributed by atoms with van der Waals surface area (Å²) in [5.41, 5.74) is 1.48. The highest BCUT2D eigenvalue weighted by Crippen LogP contribution is 2.54. The molecule has 0 saturated carbocycles. The zero-order chi connectivity index (χ0) is 27.9. The highest BCUT2D eigenvalue weighted by atomic mass is 35.5. The molecule has 0 N–H and O–H groups in total. The van der Waals surface area contributed by atoms with E-state index in [1.54, 1.807) is 54.3 Å². The van der Waals surface area contributed by atoms with Crippen LogP contribution < -0.4 is 15.2 Å². The van der Waals surface area contributed by atoms with Crippen molar-refractivity contribution in [3.05, 3.63) is 121 Å².